The molecule has 0 saturated carbocycles. The van der Waals surface area contributed by atoms with Gasteiger partial charge in [-0.15, -0.1) is 0 Å². The third kappa shape index (κ3) is 5.11. The van der Waals surface area contributed by atoms with E-state index in [4.69, 9.17) is 0 Å². The largest absolute Gasteiger partial charge is 0.299 e. The highest BCUT2D eigenvalue weighted by atomic mass is 16.1. The van der Waals surface area contributed by atoms with Gasteiger partial charge in [-0.05, 0) is 63.2 Å². The molecule has 0 heterocycles. The standard InChI is InChI=1S/C21H34O/c1-17(19-13-9-5-3-6-10-14-19)21(22)18(2)20-15-11-7-4-8-12-16-20/h5,7,9,11,17-20H,3-4,6,8,10,12-16H2,1-2H3. The van der Waals surface area contributed by atoms with E-state index in [0.717, 1.165) is 12.8 Å². The molecule has 2 aliphatic rings. The van der Waals surface area contributed by atoms with Crippen molar-refractivity contribution in [2.45, 2.75) is 78.1 Å². The maximum atomic E-state index is 13.0. The van der Waals surface area contributed by atoms with Crippen LogP contribution >= 0.6 is 0 Å². The molecule has 1 nitrogen and oxygen atoms in total. The Labute approximate surface area is 137 Å². The predicted octanol–water partition coefficient (Wildman–Crippen LogP) is 6.10. The predicted molar refractivity (Wildman–Crippen MR) is 94.8 cm³/mol. The number of Topliss-reactive ketones (excluding diaryl/α,β-unsaturated/α-hetero) is 1. The van der Waals surface area contributed by atoms with Crippen molar-refractivity contribution in [1.29, 1.82) is 0 Å². The highest BCUT2D eigenvalue weighted by molar-refractivity contribution is 5.83. The molecule has 0 spiro atoms. The van der Waals surface area contributed by atoms with Gasteiger partial charge < -0.3 is 0 Å². The topological polar surface area (TPSA) is 17.1 Å². The summed E-state index contributed by atoms with van der Waals surface area (Å²) in [5.41, 5.74) is 0. The SMILES string of the molecule is CC(C(=O)C(C)C1CC=CCCCC1)C1CC=CCCCC1. The van der Waals surface area contributed by atoms with E-state index < -0.39 is 0 Å². The van der Waals surface area contributed by atoms with Crippen LogP contribution in [0.5, 0.6) is 0 Å². The smallest absolute Gasteiger partial charge is 0.139 e. The van der Waals surface area contributed by atoms with Crippen LogP contribution in [0.2, 0.25) is 0 Å². The van der Waals surface area contributed by atoms with Crippen molar-refractivity contribution < 1.29 is 4.79 Å². The first-order valence-electron chi connectivity index (χ1n) is 9.54. The van der Waals surface area contributed by atoms with E-state index in [9.17, 15) is 4.79 Å². The lowest BCUT2D eigenvalue weighted by atomic mass is 9.74. The van der Waals surface area contributed by atoms with Crippen molar-refractivity contribution in [3.05, 3.63) is 24.3 Å². The first-order valence-corrected chi connectivity index (χ1v) is 9.54. The Morgan fingerprint density at radius 3 is 1.68 bits per heavy atom. The van der Waals surface area contributed by atoms with Crippen molar-refractivity contribution >= 4 is 5.78 Å². The first-order chi connectivity index (χ1) is 10.7. The van der Waals surface area contributed by atoms with E-state index in [2.05, 4.69) is 38.2 Å². The number of hydrogen-bond donors (Lipinski definition) is 0. The molecule has 0 fully saturated rings. The molecule has 0 aromatic rings. The van der Waals surface area contributed by atoms with Gasteiger partial charge in [0.05, 0.1) is 0 Å². The number of ketones is 1. The lowest BCUT2D eigenvalue weighted by molar-refractivity contribution is -0.129. The number of carbonyl (C=O) groups is 1. The molecule has 2 rings (SSSR count). The third-order valence-electron chi connectivity index (χ3n) is 5.91. The Morgan fingerprint density at radius 2 is 1.23 bits per heavy atom. The van der Waals surface area contributed by atoms with E-state index in [1.807, 2.05) is 0 Å². The second-order valence-electron chi connectivity index (χ2n) is 7.48. The summed E-state index contributed by atoms with van der Waals surface area (Å²) < 4.78 is 0. The Bertz CT molecular complexity index is 357. The number of carbonyl (C=O) groups excluding carboxylic acids is 1. The fourth-order valence-corrected chi connectivity index (χ4v) is 4.14. The van der Waals surface area contributed by atoms with E-state index in [-0.39, 0.29) is 11.8 Å². The minimum atomic E-state index is 0.229. The maximum absolute atomic E-state index is 13.0. The lowest BCUT2D eigenvalue weighted by Crippen LogP contribution is -2.30. The average molecular weight is 303 g/mol. The van der Waals surface area contributed by atoms with Crippen LogP contribution in [0.4, 0.5) is 0 Å². The summed E-state index contributed by atoms with van der Waals surface area (Å²) in [6, 6.07) is 0. The molecule has 4 unspecified atom stereocenters. The fourth-order valence-electron chi connectivity index (χ4n) is 4.14. The van der Waals surface area contributed by atoms with Gasteiger partial charge >= 0.3 is 0 Å². The Kier molecular flexibility index (Phi) is 7.42. The highest BCUT2D eigenvalue weighted by Gasteiger charge is 2.30. The minimum absolute atomic E-state index is 0.229. The van der Waals surface area contributed by atoms with Crippen LogP contribution in [0.3, 0.4) is 0 Å². The summed E-state index contributed by atoms with van der Waals surface area (Å²) >= 11 is 0. The summed E-state index contributed by atoms with van der Waals surface area (Å²) in [4.78, 5) is 13.0. The lowest BCUT2D eigenvalue weighted by Gasteiger charge is -2.29. The highest BCUT2D eigenvalue weighted by Crippen LogP contribution is 2.32. The van der Waals surface area contributed by atoms with Crippen molar-refractivity contribution in [2.24, 2.45) is 23.7 Å². The minimum Gasteiger partial charge on any atom is -0.299 e. The fraction of sp³-hybridized carbons (Fsp3) is 0.762. The Balaban J connectivity index is 1.95. The van der Waals surface area contributed by atoms with Crippen LogP contribution in [0.25, 0.3) is 0 Å². The first kappa shape index (κ1) is 17.5. The quantitative estimate of drug-likeness (QED) is 0.573. The molecule has 22 heavy (non-hydrogen) atoms. The monoisotopic (exact) mass is 302 g/mol. The van der Waals surface area contributed by atoms with Crippen LogP contribution < -0.4 is 0 Å². The van der Waals surface area contributed by atoms with Gasteiger partial charge in [-0.1, -0.05) is 51.0 Å². The molecule has 4 atom stereocenters. The van der Waals surface area contributed by atoms with Crippen LogP contribution in [0, 0.1) is 23.7 Å². The third-order valence-corrected chi connectivity index (χ3v) is 5.91. The molecular formula is C21H34O. The second kappa shape index (κ2) is 9.33. The molecule has 0 bridgehead atoms. The van der Waals surface area contributed by atoms with Gasteiger partial charge in [0.2, 0.25) is 0 Å². The summed E-state index contributed by atoms with van der Waals surface area (Å²) in [7, 11) is 0. The van der Waals surface area contributed by atoms with Gasteiger partial charge in [0.25, 0.3) is 0 Å². The summed E-state index contributed by atoms with van der Waals surface area (Å²) in [6.07, 6.45) is 21.5. The molecule has 124 valence electrons. The normalized spacial score (nSPS) is 29.7. The molecular weight excluding hydrogens is 268 g/mol. The van der Waals surface area contributed by atoms with Gasteiger partial charge in [-0.3, -0.25) is 4.79 Å². The van der Waals surface area contributed by atoms with Gasteiger partial charge in [-0.25, -0.2) is 0 Å². The molecule has 0 aliphatic heterocycles. The van der Waals surface area contributed by atoms with Gasteiger partial charge in [-0.2, -0.15) is 0 Å². The number of hydrogen-bond acceptors (Lipinski definition) is 1. The van der Waals surface area contributed by atoms with Crippen molar-refractivity contribution in [2.75, 3.05) is 0 Å². The summed E-state index contributed by atoms with van der Waals surface area (Å²) in [6.45, 7) is 4.38. The van der Waals surface area contributed by atoms with E-state index in [0.29, 0.717) is 17.6 Å². The molecule has 0 saturated heterocycles. The molecule has 0 aromatic carbocycles. The van der Waals surface area contributed by atoms with E-state index in [1.165, 1.54) is 51.4 Å². The van der Waals surface area contributed by atoms with Crippen molar-refractivity contribution in [1.82, 2.24) is 0 Å². The summed E-state index contributed by atoms with van der Waals surface area (Å²) in [5.74, 6) is 2.11. The number of rotatable bonds is 4. The zero-order valence-corrected chi connectivity index (χ0v) is 14.6. The van der Waals surface area contributed by atoms with E-state index >= 15 is 0 Å². The Hall–Kier alpha value is -0.850. The number of allylic oxidation sites excluding steroid dienone is 4. The molecule has 0 aromatic heterocycles. The molecule has 0 amide bonds. The maximum Gasteiger partial charge on any atom is 0.139 e. The van der Waals surface area contributed by atoms with Crippen molar-refractivity contribution in [3.63, 3.8) is 0 Å². The van der Waals surface area contributed by atoms with Gasteiger partial charge in [0.1, 0.15) is 5.78 Å². The molecule has 0 radical (unpaired) electrons. The van der Waals surface area contributed by atoms with Gasteiger partial charge in [0.15, 0.2) is 0 Å². The Morgan fingerprint density at radius 1 is 0.773 bits per heavy atom. The van der Waals surface area contributed by atoms with Crippen LogP contribution in [-0.2, 0) is 4.79 Å². The second-order valence-corrected chi connectivity index (χ2v) is 7.48. The van der Waals surface area contributed by atoms with Crippen LogP contribution in [0.15, 0.2) is 24.3 Å². The summed E-state index contributed by atoms with van der Waals surface area (Å²) in [5, 5.41) is 0. The van der Waals surface area contributed by atoms with Crippen molar-refractivity contribution in [3.8, 4) is 0 Å². The average Bonchev–Trinajstić information content (AvgIpc) is 2.44. The van der Waals surface area contributed by atoms with E-state index in [1.54, 1.807) is 0 Å². The molecule has 2 aliphatic carbocycles. The zero-order chi connectivity index (χ0) is 15.8. The van der Waals surface area contributed by atoms with Gasteiger partial charge in [0, 0.05) is 11.8 Å². The zero-order valence-electron chi connectivity index (χ0n) is 14.6. The molecule has 0 N–H and O–H groups in total. The molecule has 1 heteroatoms. The van der Waals surface area contributed by atoms with Crippen LogP contribution in [-0.4, -0.2) is 5.78 Å². The van der Waals surface area contributed by atoms with Crippen LogP contribution in [0.1, 0.15) is 78.1 Å².